The van der Waals surface area contributed by atoms with Crippen LogP contribution in [0.2, 0.25) is 0 Å². The number of aliphatic imine (C=N–C) groups is 1. The van der Waals surface area contributed by atoms with Gasteiger partial charge in [-0.05, 0) is 37.8 Å². The highest BCUT2D eigenvalue weighted by molar-refractivity contribution is 8.00. The van der Waals surface area contributed by atoms with Crippen LogP contribution in [0, 0.1) is 12.5 Å². The van der Waals surface area contributed by atoms with E-state index in [2.05, 4.69) is 21.7 Å². The van der Waals surface area contributed by atoms with Crippen molar-refractivity contribution in [2.75, 3.05) is 24.2 Å². The number of nitrogens with two attached hydrogens (primary N) is 2. The van der Waals surface area contributed by atoms with Gasteiger partial charge in [0, 0.05) is 31.0 Å². The smallest absolute Gasteiger partial charge is 0.243 e. The molecule has 0 radical (unpaired) electrons. The van der Waals surface area contributed by atoms with Gasteiger partial charge in [0.05, 0.1) is 17.5 Å². The molecule has 0 unspecified atom stereocenters. The molecular formula is C22H30N6O3S. The second kappa shape index (κ2) is 12.6. The van der Waals surface area contributed by atoms with Gasteiger partial charge in [-0.3, -0.25) is 19.4 Å². The normalized spacial score (nSPS) is 16.0. The van der Waals surface area contributed by atoms with E-state index >= 15 is 0 Å². The van der Waals surface area contributed by atoms with Crippen LogP contribution in [0.15, 0.2) is 34.2 Å². The number of carbonyl (C=O) groups is 3. The second-order valence-corrected chi connectivity index (χ2v) is 8.42. The third kappa shape index (κ3) is 7.50. The van der Waals surface area contributed by atoms with E-state index in [1.165, 1.54) is 18.7 Å². The van der Waals surface area contributed by atoms with Gasteiger partial charge in [-0.25, -0.2) is 0 Å². The summed E-state index contributed by atoms with van der Waals surface area (Å²) in [6.07, 6.45) is 7.58. The Labute approximate surface area is 192 Å². The maximum absolute atomic E-state index is 13.0. The molecule has 0 aromatic heterocycles. The summed E-state index contributed by atoms with van der Waals surface area (Å²) in [6.45, 7) is 2.35. The van der Waals surface area contributed by atoms with Crippen LogP contribution in [0.1, 0.15) is 32.6 Å². The van der Waals surface area contributed by atoms with Crippen molar-refractivity contribution in [1.82, 2.24) is 10.2 Å². The maximum Gasteiger partial charge on any atom is 0.243 e. The summed E-state index contributed by atoms with van der Waals surface area (Å²) >= 11 is 1.34. The van der Waals surface area contributed by atoms with E-state index in [1.54, 1.807) is 4.90 Å². The summed E-state index contributed by atoms with van der Waals surface area (Å²) in [5.41, 5.74) is 11.5. The van der Waals surface area contributed by atoms with Crippen LogP contribution in [-0.2, 0) is 14.4 Å². The molecule has 0 saturated carbocycles. The molecule has 1 saturated heterocycles. The fourth-order valence-electron chi connectivity index (χ4n) is 3.52. The Morgan fingerprint density at radius 2 is 2.09 bits per heavy atom. The lowest BCUT2D eigenvalue weighted by Gasteiger charge is -2.25. The van der Waals surface area contributed by atoms with E-state index in [1.807, 2.05) is 24.3 Å². The molecule has 172 valence electrons. The van der Waals surface area contributed by atoms with E-state index in [0.717, 1.165) is 17.0 Å². The van der Waals surface area contributed by atoms with Crippen molar-refractivity contribution in [2.45, 2.75) is 49.6 Å². The number of nitrogens with one attached hydrogen (secondary N) is 2. The largest absolute Gasteiger partial charge is 0.370 e. The zero-order valence-electron chi connectivity index (χ0n) is 18.2. The van der Waals surface area contributed by atoms with Crippen molar-refractivity contribution in [3.8, 4) is 12.5 Å². The predicted octanol–water partition coefficient (Wildman–Crippen LogP) is 0.900. The summed E-state index contributed by atoms with van der Waals surface area (Å²) < 4.78 is 0. The minimum atomic E-state index is -0.702. The van der Waals surface area contributed by atoms with Crippen LogP contribution in [0.5, 0.6) is 0 Å². The Kier molecular flexibility index (Phi) is 9.88. The lowest BCUT2D eigenvalue weighted by Crippen LogP contribution is -2.50. The minimum Gasteiger partial charge on any atom is -0.370 e. The second-order valence-electron chi connectivity index (χ2n) is 7.40. The first-order valence-corrected chi connectivity index (χ1v) is 11.4. The van der Waals surface area contributed by atoms with Crippen molar-refractivity contribution in [1.29, 1.82) is 0 Å². The number of para-hydroxylation sites is 1. The molecule has 6 N–H and O–H groups in total. The molecule has 1 aromatic rings. The first-order valence-electron chi connectivity index (χ1n) is 10.4. The fourth-order valence-corrected chi connectivity index (χ4v) is 4.47. The third-order valence-corrected chi connectivity index (χ3v) is 6.17. The third-order valence-electron chi connectivity index (χ3n) is 5.07. The van der Waals surface area contributed by atoms with Crippen LogP contribution in [0.3, 0.4) is 0 Å². The van der Waals surface area contributed by atoms with E-state index in [9.17, 15) is 14.4 Å². The lowest BCUT2D eigenvalue weighted by molar-refractivity contribution is -0.137. The lowest BCUT2D eigenvalue weighted by atomic mass is 10.1. The summed E-state index contributed by atoms with van der Waals surface area (Å²) in [6, 6.07) is 8.54. The van der Waals surface area contributed by atoms with Gasteiger partial charge < -0.3 is 27.0 Å². The van der Waals surface area contributed by atoms with Gasteiger partial charge >= 0.3 is 0 Å². The molecular weight excluding hydrogens is 428 g/mol. The van der Waals surface area contributed by atoms with Crippen molar-refractivity contribution >= 4 is 41.0 Å². The molecule has 1 aliphatic rings. The molecule has 9 nitrogen and oxygen atoms in total. The Hall–Kier alpha value is -3.19. The number of carbonyl (C=O) groups excluding carboxylic acids is 3. The summed E-state index contributed by atoms with van der Waals surface area (Å²) in [4.78, 5) is 44.0. The highest BCUT2D eigenvalue weighted by atomic mass is 32.2. The Morgan fingerprint density at radius 1 is 1.34 bits per heavy atom. The summed E-state index contributed by atoms with van der Waals surface area (Å²) in [5, 5.41) is 5.67. The van der Waals surface area contributed by atoms with Crippen molar-refractivity contribution < 1.29 is 14.4 Å². The molecule has 1 aromatic carbocycles. The van der Waals surface area contributed by atoms with E-state index in [4.69, 9.17) is 17.9 Å². The van der Waals surface area contributed by atoms with Crippen LogP contribution in [-0.4, -0.2) is 59.4 Å². The van der Waals surface area contributed by atoms with E-state index in [0.29, 0.717) is 32.4 Å². The number of anilines is 1. The average Bonchev–Trinajstić information content (AvgIpc) is 3.25. The number of amides is 2. The number of hydrogen-bond donors (Lipinski definition) is 4. The van der Waals surface area contributed by atoms with Gasteiger partial charge in [0.15, 0.2) is 11.7 Å². The number of Topliss-reactive ketones (excluding diaryl/α,β-unsaturated/α-hetero) is 1. The topological polar surface area (TPSA) is 143 Å². The van der Waals surface area contributed by atoms with E-state index in [-0.39, 0.29) is 29.3 Å². The van der Waals surface area contributed by atoms with Crippen LogP contribution < -0.4 is 22.1 Å². The predicted molar refractivity (Wildman–Crippen MR) is 127 cm³/mol. The standard InChI is InChI=1S/C22H30N6O3S/c1-3-25-17-8-4-5-11-20(17)32-14-19(30)16(9-6-12-26-22(23)24)27-21(31)18-10-7-13-28(18)15(2)29/h1,4-5,8,11,16,18,25H,6-7,9-10,12-14H2,2H3,(H,27,31)(H4,23,24,26)/t16-,18-/m0/s1. The molecule has 0 aliphatic carbocycles. The first kappa shape index (κ1) is 25.1. The first-order chi connectivity index (χ1) is 15.3. The molecule has 1 heterocycles. The van der Waals surface area contributed by atoms with Gasteiger partial charge in [-0.15, -0.1) is 11.8 Å². The van der Waals surface area contributed by atoms with Crippen LogP contribution in [0.25, 0.3) is 0 Å². The summed E-state index contributed by atoms with van der Waals surface area (Å²) in [7, 11) is 0. The monoisotopic (exact) mass is 458 g/mol. The number of guanidine groups is 1. The van der Waals surface area contributed by atoms with Crippen molar-refractivity contribution in [2.24, 2.45) is 16.5 Å². The Morgan fingerprint density at radius 3 is 2.78 bits per heavy atom. The van der Waals surface area contributed by atoms with Crippen LogP contribution >= 0.6 is 11.8 Å². The molecule has 2 atom stereocenters. The number of hydrogen-bond acceptors (Lipinski definition) is 6. The van der Waals surface area contributed by atoms with E-state index < -0.39 is 12.1 Å². The number of thioether (sulfide) groups is 1. The maximum atomic E-state index is 13.0. The van der Waals surface area contributed by atoms with Gasteiger partial charge in [-0.1, -0.05) is 18.6 Å². The average molecular weight is 459 g/mol. The van der Waals surface area contributed by atoms with Gasteiger partial charge in [0.1, 0.15) is 6.04 Å². The Balaban J connectivity index is 2.05. The molecule has 32 heavy (non-hydrogen) atoms. The number of ketones is 1. The quantitative estimate of drug-likeness (QED) is 0.0963. The van der Waals surface area contributed by atoms with Crippen LogP contribution in [0.4, 0.5) is 5.69 Å². The number of terminal acetylenes is 1. The van der Waals surface area contributed by atoms with Gasteiger partial charge in [-0.2, -0.15) is 0 Å². The highest BCUT2D eigenvalue weighted by Gasteiger charge is 2.34. The Bertz CT molecular complexity index is 894. The molecule has 2 amide bonds. The fraction of sp³-hybridized carbons (Fsp3) is 0.455. The molecule has 1 aliphatic heterocycles. The molecule has 10 heteroatoms. The minimum absolute atomic E-state index is 0.0202. The molecule has 2 rings (SSSR count). The molecule has 0 bridgehead atoms. The number of benzene rings is 1. The number of rotatable bonds is 11. The van der Waals surface area contributed by atoms with Crippen molar-refractivity contribution in [3.05, 3.63) is 24.3 Å². The summed E-state index contributed by atoms with van der Waals surface area (Å²) in [5.74, 6) is -0.453. The zero-order chi connectivity index (χ0) is 23.5. The molecule has 1 fully saturated rings. The SMILES string of the molecule is C#CNc1ccccc1SCC(=O)[C@H](CCCN=C(N)N)NC(=O)[C@@H]1CCCN1C(C)=O. The van der Waals surface area contributed by atoms with Gasteiger partial charge in [0.25, 0.3) is 0 Å². The molecule has 0 spiro atoms. The van der Waals surface area contributed by atoms with Crippen molar-refractivity contribution in [3.63, 3.8) is 0 Å². The number of likely N-dealkylation sites (tertiary alicyclic amines) is 1. The van der Waals surface area contributed by atoms with Gasteiger partial charge in [0.2, 0.25) is 11.8 Å². The zero-order valence-corrected chi connectivity index (χ0v) is 19.0. The highest BCUT2D eigenvalue weighted by Crippen LogP contribution is 2.27. The number of nitrogens with zero attached hydrogens (tertiary/aromatic N) is 2.